The molecule has 10 heteroatoms. The largest absolute Gasteiger partial charge is 0.480 e. The van der Waals surface area contributed by atoms with E-state index in [0.717, 1.165) is 16.5 Å². The number of fused-ring (bicyclic) bond motifs is 1. The molecule has 0 aliphatic rings. The molecule has 0 fully saturated rings. The van der Waals surface area contributed by atoms with Crippen molar-refractivity contribution in [2.75, 3.05) is 6.54 Å². The Morgan fingerprint density at radius 1 is 1.03 bits per heavy atom. The number of aromatic amines is 1. The van der Waals surface area contributed by atoms with Gasteiger partial charge in [0.05, 0.1) is 6.04 Å². The second-order valence-corrected chi connectivity index (χ2v) is 7.76. The quantitative estimate of drug-likeness (QED) is 0.307. The summed E-state index contributed by atoms with van der Waals surface area (Å²) in [4.78, 5) is 51.5. The van der Waals surface area contributed by atoms with Crippen LogP contribution in [0.4, 0.5) is 0 Å². The van der Waals surface area contributed by atoms with E-state index < -0.39 is 48.4 Å². The summed E-state index contributed by atoms with van der Waals surface area (Å²) in [5, 5.41) is 17.3. The highest BCUT2D eigenvalue weighted by Gasteiger charge is 2.30. The summed E-state index contributed by atoms with van der Waals surface area (Å²) < 4.78 is 0. The lowest BCUT2D eigenvalue weighted by atomic mass is 10.0. The van der Waals surface area contributed by atoms with E-state index in [-0.39, 0.29) is 12.3 Å². The Morgan fingerprint density at radius 2 is 1.71 bits per heavy atom. The number of carboxylic acids is 1. The number of aromatic nitrogens is 1. The predicted octanol–water partition coefficient (Wildman–Crippen LogP) is -0.116. The highest BCUT2D eigenvalue weighted by molar-refractivity contribution is 5.94. The van der Waals surface area contributed by atoms with Crippen molar-refractivity contribution in [3.8, 4) is 0 Å². The fourth-order valence-corrected chi connectivity index (χ4v) is 3.10. The Bertz CT molecular complexity index is 953. The molecule has 0 spiro atoms. The molecule has 10 nitrogen and oxygen atoms in total. The van der Waals surface area contributed by atoms with Crippen LogP contribution in [0.5, 0.6) is 0 Å². The zero-order valence-corrected chi connectivity index (χ0v) is 17.8. The number of carboxylic acid groups (broad SMARTS) is 1. The molecular formula is C21H29N5O5. The predicted molar refractivity (Wildman–Crippen MR) is 115 cm³/mol. The molecule has 0 aliphatic carbocycles. The number of rotatable bonds is 10. The minimum absolute atomic E-state index is 0.132. The first kappa shape index (κ1) is 23.9. The third-order valence-corrected chi connectivity index (χ3v) is 4.81. The standard InChI is InChI=1S/C21H29N5O5/c1-11(2)18(26-19(29)12(3)22)21(31)25-16(20(30)24-10-17(27)28)8-13-9-23-15-7-5-4-6-14(13)15/h4-7,9,11-12,16,18,23H,8,10,22H2,1-3H3,(H,24,30)(H,25,31)(H,26,29)(H,27,28). The van der Waals surface area contributed by atoms with E-state index in [1.165, 1.54) is 6.92 Å². The summed E-state index contributed by atoms with van der Waals surface area (Å²) in [6.07, 6.45) is 1.87. The maximum atomic E-state index is 12.9. The number of hydrogen-bond acceptors (Lipinski definition) is 5. The maximum absolute atomic E-state index is 12.9. The number of hydrogen-bond donors (Lipinski definition) is 6. The molecule has 7 N–H and O–H groups in total. The van der Waals surface area contributed by atoms with Gasteiger partial charge in [0.1, 0.15) is 18.6 Å². The lowest BCUT2D eigenvalue weighted by molar-refractivity contribution is -0.138. The second-order valence-electron chi connectivity index (χ2n) is 7.76. The lowest BCUT2D eigenvalue weighted by Crippen LogP contribution is -2.57. The van der Waals surface area contributed by atoms with Crippen molar-refractivity contribution in [3.05, 3.63) is 36.0 Å². The van der Waals surface area contributed by atoms with E-state index in [1.54, 1.807) is 20.0 Å². The van der Waals surface area contributed by atoms with Crippen LogP contribution in [0.25, 0.3) is 10.9 Å². The second kappa shape index (κ2) is 10.6. The molecule has 0 saturated carbocycles. The molecule has 0 aliphatic heterocycles. The average molecular weight is 431 g/mol. The van der Waals surface area contributed by atoms with Crippen LogP contribution in [0.15, 0.2) is 30.5 Å². The summed E-state index contributed by atoms with van der Waals surface area (Å²) in [5.41, 5.74) is 7.24. The zero-order chi connectivity index (χ0) is 23.1. The van der Waals surface area contributed by atoms with Crippen molar-refractivity contribution in [2.45, 2.75) is 45.3 Å². The highest BCUT2D eigenvalue weighted by Crippen LogP contribution is 2.19. The van der Waals surface area contributed by atoms with Crippen LogP contribution < -0.4 is 21.7 Å². The van der Waals surface area contributed by atoms with Gasteiger partial charge in [-0.25, -0.2) is 0 Å². The monoisotopic (exact) mass is 431 g/mol. The first-order valence-corrected chi connectivity index (χ1v) is 10.0. The third-order valence-electron chi connectivity index (χ3n) is 4.81. The van der Waals surface area contributed by atoms with Crippen molar-refractivity contribution in [2.24, 2.45) is 11.7 Å². The first-order chi connectivity index (χ1) is 14.6. The van der Waals surface area contributed by atoms with Gasteiger partial charge in [-0.3, -0.25) is 19.2 Å². The molecule has 0 bridgehead atoms. The van der Waals surface area contributed by atoms with Crippen molar-refractivity contribution < 1.29 is 24.3 Å². The fraction of sp³-hybridized carbons (Fsp3) is 0.429. The molecule has 1 heterocycles. The van der Waals surface area contributed by atoms with Gasteiger partial charge in [0, 0.05) is 23.5 Å². The zero-order valence-electron chi connectivity index (χ0n) is 17.8. The Hall–Kier alpha value is -3.40. The Morgan fingerprint density at radius 3 is 2.32 bits per heavy atom. The van der Waals surface area contributed by atoms with E-state index in [2.05, 4.69) is 20.9 Å². The molecule has 31 heavy (non-hydrogen) atoms. The van der Waals surface area contributed by atoms with E-state index in [4.69, 9.17) is 10.8 Å². The maximum Gasteiger partial charge on any atom is 0.322 e. The lowest BCUT2D eigenvalue weighted by Gasteiger charge is -2.25. The number of benzene rings is 1. The van der Waals surface area contributed by atoms with Crippen LogP contribution in [0.1, 0.15) is 26.3 Å². The number of nitrogens with two attached hydrogens (primary N) is 1. The van der Waals surface area contributed by atoms with Crippen LogP contribution in [-0.2, 0) is 25.6 Å². The number of H-pyrrole nitrogens is 1. The normalized spacial score (nSPS) is 14.0. The van der Waals surface area contributed by atoms with Crippen LogP contribution in [0.2, 0.25) is 0 Å². The molecule has 168 valence electrons. The Balaban J connectivity index is 2.24. The number of aliphatic carboxylic acids is 1. The summed E-state index contributed by atoms with van der Waals surface area (Å²) >= 11 is 0. The molecule has 2 aromatic rings. The van der Waals surface area contributed by atoms with Gasteiger partial charge in [0.15, 0.2) is 0 Å². The van der Waals surface area contributed by atoms with Crippen LogP contribution in [0, 0.1) is 5.92 Å². The molecule has 2 rings (SSSR count). The van der Waals surface area contributed by atoms with Crippen molar-refractivity contribution >= 4 is 34.6 Å². The summed E-state index contributed by atoms with van der Waals surface area (Å²) in [5.74, 6) is -3.15. The minimum Gasteiger partial charge on any atom is -0.480 e. The van der Waals surface area contributed by atoms with E-state index in [1.807, 2.05) is 24.3 Å². The van der Waals surface area contributed by atoms with E-state index >= 15 is 0 Å². The smallest absolute Gasteiger partial charge is 0.322 e. The number of carbonyl (C=O) groups is 4. The highest BCUT2D eigenvalue weighted by atomic mass is 16.4. The summed E-state index contributed by atoms with van der Waals surface area (Å²) in [7, 11) is 0. The molecule has 3 unspecified atom stereocenters. The molecular weight excluding hydrogens is 402 g/mol. The van der Waals surface area contributed by atoms with Gasteiger partial charge in [-0.2, -0.15) is 0 Å². The molecule has 0 saturated heterocycles. The van der Waals surface area contributed by atoms with Gasteiger partial charge in [0.2, 0.25) is 17.7 Å². The Labute approximate surface area is 179 Å². The van der Waals surface area contributed by atoms with Gasteiger partial charge in [-0.05, 0) is 24.5 Å². The van der Waals surface area contributed by atoms with Crippen molar-refractivity contribution in [3.63, 3.8) is 0 Å². The first-order valence-electron chi connectivity index (χ1n) is 10.0. The fourth-order valence-electron chi connectivity index (χ4n) is 3.10. The van der Waals surface area contributed by atoms with Crippen molar-refractivity contribution in [1.82, 2.24) is 20.9 Å². The van der Waals surface area contributed by atoms with E-state index in [9.17, 15) is 19.2 Å². The minimum atomic E-state index is -1.20. The number of para-hydroxylation sites is 1. The number of amides is 3. The van der Waals surface area contributed by atoms with Crippen molar-refractivity contribution in [1.29, 1.82) is 0 Å². The molecule has 3 atom stereocenters. The van der Waals surface area contributed by atoms with Gasteiger partial charge in [0.25, 0.3) is 0 Å². The average Bonchev–Trinajstić information content (AvgIpc) is 3.11. The molecule has 3 amide bonds. The molecule has 1 aromatic carbocycles. The van der Waals surface area contributed by atoms with Crippen LogP contribution in [-0.4, -0.2) is 58.5 Å². The van der Waals surface area contributed by atoms with Gasteiger partial charge in [-0.15, -0.1) is 0 Å². The van der Waals surface area contributed by atoms with Crippen LogP contribution in [0.3, 0.4) is 0 Å². The van der Waals surface area contributed by atoms with Gasteiger partial charge in [-0.1, -0.05) is 32.0 Å². The third kappa shape index (κ3) is 6.54. The number of carbonyl (C=O) groups excluding carboxylic acids is 3. The Kier molecular flexibility index (Phi) is 8.14. The van der Waals surface area contributed by atoms with Gasteiger partial charge < -0.3 is 31.8 Å². The summed E-state index contributed by atoms with van der Waals surface area (Å²) in [6, 6.07) is 4.75. The SMILES string of the molecule is CC(N)C(=O)NC(C(=O)NC(Cc1c[nH]c2ccccc12)C(=O)NCC(=O)O)C(C)C. The van der Waals surface area contributed by atoms with Gasteiger partial charge >= 0.3 is 5.97 Å². The molecule has 0 radical (unpaired) electrons. The molecule has 1 aromatic heterocycles. The van der Waals surface area contributed by atoms with Crippen LogP contribution >= 0.6 is 0 Å². The van der Waals surface area contributed by atoms with E-state index in [0.29, 0.717) is 0 Å². The summed E-state index contributed by atoms with van der Waals surface area (Å²) in [6.45, 7) is 4.44. The number of nitrogens with one attached hydrogen (secondary N) is 4. The topological polar surface area (TPSA) is 166 Å².